The summed E-state index contributed by atoms with van der Waals surface area (Å²) in [6.45, 7) is 1.20. The Morgan fingerprint density at radius 3 is 2.78 bits per heavy atom. The van der Waals surface area contributed by atoms with Crippen LogP contribution in [0.3, 0.4) is 0 Å². The maximum atomic E-state index is 12.7. The first kappa shape index (κ1) is 17.5. The molecule has 0 saturated carbocycles. The van der Waals surface area contributed by atoms with Crippen molar-refractivity contribution >= 4 is 18.0 Å². The fraction of sp³-hybridized carbons (Fsp3) is 0.273. The first-order chi connectivity index (χ1) is 13.2. The number of carbonyl (C=O) groups is 2. The zero-order valence-electron chi connectivity index (χ0n) is 14.9. The van der Waals surface area contributed by atoms with Gasteiger partial charge in [-0.3, -0.25) is 9.69 Å². The molecule has 2 atom stereocenters. The molecule has 4 rings (SSSR count). The van der Waals surface area contributed by atoms with E-state index in [-0.39, 0.29) is 24.8 Å². The van der Waals surface area contributed by atoms with Gasteiger partial charge in [0.25, 0.3) is 0 Å². The second-order valence-electron chi connectivity index (χ2n) is 6.85. The van der Waals surface area contributed by atoms with Crippen LogP contribution in [0.4, 0.5) is 4.79 Å². The molecular formula is C22H21NO4. The van der Waals surface area contributed by atoms with Gasteiger partial charge in [0.1, 0.15) is 12.9 Å². The second-order valence-corrected chi connectivity index (χ2v) is 6.85. The maximum Gasteiger partial charge on any atom is 0.411 e. The largest absolute Gasteiger partial charge is 0.445 e. The van der Waals surface area contributed by atoms with Gasteiger partial charge in [0.15, 0.2) is 0 Å². The molecule has 2 aromatic carbocycles. The predicted octanol–water partition coefficient (Wildman–Crippen LogP) is 3.69. The number of carbonyl (C=O) groups excluding carboxylic acids is 2. The third-order valence-electron chi connectivity index (χ3n) is 5.01. The molecule has 0 radical (unpaired) electrons. The minimum absolute atomic E-state index is 0.0630. The lowest BCUT2D eigenvalue weighted by Crippen LogP contribution is -2.56. The van der Waals surface area contributed by atoms with Crippen LogP contribution >= 0.6 is 0 Å². The van der Waals surface area contributed by atoms with Gasteiger partial charge in [0.2, 0.25) is 0 Å². The van der Waals surface area contributed by atoms with Gasteiger partial charge in [-0.1, -0.05) is 54.6 Å². The minimum Gasteiger partial charge on any atom is -0.445 e. The monoisotopic (exact) mass is 363 g/mol. The normalized spacial score (nSPS) is 21.3. The fourth-order valence-corrected chi connectivity index (χ4v) is 3.70. The van der Waals surface area contributed by atoms with Crippen LogP contribution in [0, 0.1) is 0 Å². The molecule has 2 aliphatic rings. The first-order valence-corrected chi connectivity index (χ1v) is 9.07. The van der Waals surface area contributed by atoms with E-state index in [9.17, 15) is 9.59 Å². The molecule has 1 saturated heterocycles. The Morgan fingerprint density at radius 1 is 1.15 bits per heavy atom. The number of fused-ring (bicyclic) bond motifs is 2. The number of ether oxygens (including phenoxy) is 2. The van der Waals surface area contributed by atoms with E-state index in [0.29, 0.717) is 25.2 Å². The zero-order valence-corrected chi connectivity index (χ0v) is 14.9. The summed E-state index contributed by atoms with van der Waals surface area (Å²) in [5.74, 6) is 0. The van der Waals surface area contributed by atoms with Gasteiger partial charge in [0.05, 0.1) is 25.3 Å². The number of benzene rings is 2. The van der Waals surface area contributed by atoms with Crippen LogP contribution in [0.1, 0.15) is 27.9 Å². The number of morpholine rings is 1. The van der Waals surface area contributed by atoms with E-state index in [1.807, 2.05) is 48.5 Å². The lowest BCUT2D eigenvalue weighted by Gasteiger charge is -2.43. The quantitative estimate of drug-likeness (QED) is 0.778. The Bertz CT molecular complexity index is 862. The van der Waals surface area contributed by atoms with Crippen molar-refractivity contribution in [2.45, 2.75) is 25.1 Å². The van der Waals surface area contributed by atoms with Gasteiger partial charge < -0.3 is 9.47 Å². The van der Waals surface area contributed by atoms with Gasteiger partial charge in [-0.25, -0.2) is 4.79 Å². The van der Waals surface area contributed by atoms with Gasteiger partial charge >= 0.3 is 6.09 Å². The van der Waals surface area contributed by atoms with E-state index < -0.39 is 0 Å². The Hall–Kier alpha value is -2.92. The van der Waals surface area contributed by atoms with Crippen LogP contribution in [-0.4, -0.2) is 42.6 Å². The smallest absolute Gasteiger partial charge is 0.411 e. The number of nitrogens with zero attached hydrogens (tertiary/aromatic N) is 1. The molecule has 0 aromatic heterocycles. The highest BCUT2D eigenvalue weighted by molar-refractivity contribution is 5.79. The highest BCUT2D eigenvalue weighted by atomic mass is 16.6. The summed E-state index contributed by atoms with van der Waals surface area (Å²) < 4.78 is 11.2. The molecule has 2 heterocycles. The van der Waals surface area contributed by atoms with E-state index in [1.165, 1.54) is 0 Å². The predicted molar refractivity (Wildman–Crippen MR) is 101 cm³/mol. The van der Waals surface area contributed by atoms with Gasteiger partial charge in [0, 0.05) is 5.56 Å². The van der Waals surface area contributed by atoms with Crippen LogP contribution < -0.4 is 0 Å². The molecule has 2 unspecified atom stereocenters. The van der Waals surface area contributed by atoms with Crippen LogP contribution in [0.5, 0.6) is 0 Å². The van der Waals surface area contributed by atoms with Crippen molar-refractivity contribution in [1.82, 2.24) is 4.90 Å². The second kappa shape index (κ2) is 7.76. The number of aldehydes is 1. The van der Waals surface area contributed by atoms with Gasteiger partial charge in [-0.15, -0.1) is 0 Å². The Balaban J connectivity index is 1.51. The SMILES string of the molecule is O=Cc1cccc(C2=CC3COCC(C2)N3C(=O)OCc2ccccc2)c1. The molecule has 0 N–H and O–H groups in total. The summed E-state index contributed by atoms with van der Waals surface area (Å²) in [4.78, 5) is 25.6. The zero-order chi connectivity index (χ0) is 18.6. The lowest BCUT2D eigenvalue weighted by molar-refractivity contribution is -0.0342. The molecule has 2 bridgehead atoms. The molecule has 1 amide bonds. The van der Waals surface area contributed by atoms with Gasteiger partial charge in [-0.2, -0.15) is 0 Å². The summed E-state index contributed by atoms with van der Waals surface area (Å²) in [5.41, 5.74) is 3.78. The molecule has 2 aliphatic heterocycles. The molecule has 138 valence electrons. The summed E-state index contributed by atoms with van der Waals surface area (Å²) >= 11 is 0. The Morgan fingerprint density at radius 2 is 2.00 bits per heavy atom. The van der Waals surface area contributed by atoms with E-state index >= 15 is 0 Å². The third kappa shape index (κ3) is 3.78. The minimum atomic E-state index is -0.311. The van der Waals surface area contributed by atoms with Crippen LogP contribution in [0.15, 0.2) is 60.7 Å². The Kier molecular flexibility index (Phi) is 5.03. The summed E-state index contributed by atoms with van der Waals surface area (Å²) in [5, 5.41) is 0. The standard InChI is InChI=1S/C22H21NO4/c24-12-17-7-4-8-18(9-17)19-10-20-14-26-15-21(11-19)23(20)22(25)27-13-16-5-2-1-3-6-16/h1-10,12,20-21H,11,13-15H2. The molecule has 1 fully saturated rings. The van der Waals surface area contributed by atoms with E-state index in [2.05, 4.69) is 6.08 Å². The molecule has 0 aliphatic carbocycles. The highest BCUT2D eigenvalue weighted by Gasteiger charge is 2.39. The number of rotatable bonds is 4. The maximum absolute atomic E-state index is 12.7. The number of hydrogen-bond acceptors (Lipinski definition) is 4. The van der Waals surface area contributed by atoms with Crippen molar-refractivity contribution in [3.63, 3.8) is 0 Å². The van der Waals surface area contributed by atoms with Crippen molar-refractivity contribution in [1.29, 1.82) is 0 Å². The van der Waals surface area contributed by atoms with E-state index in [0.717, 1.165) is 23.0 Å². The molecule has 5 heteroatoms. The average Bonchev–Trinajstić information content (AvgIpc) is 2.72. The lowest BCUT2D eigenvalue weighted by atomic mass is 9.89. The van der Waals surface area contributed by atoms with E-state index in [4.69, 9.17) is 9.47 Å². The summed E-state index contributed by atoms with van der Waals surface area (Å²) in [6, 6.07) is 17.0. The highest BCUT2D eigenvalue weighted by Crippen LogP contribution is 2.33. The van der Waals surface area contributed by atoms with Crippen LogP contribution in [-0.2, 0) is 16.1 Å². The fourth-order valence-electron chi connectivity index (χ4n) is 3.70. The third-order valence-corrected chi connectivity index (χ3v) is 5.01. The first-order valence-electron chi connectivity index (χ1n) is 9.07. The summed E-state index contributed by atoms with van der Waals surface area (Å²) in [7, 11) is 0. The molecule has 27 heavy (non-hydrogen) atoms. The van der Waals surface area contributed by atoms with Crippen molar-refractivity contribution in [3.8, 4) is 0 Å². The molecule has 5 nitrogen and oxygen atoms in total. The molecule has 2 aromatic rings. The van der Waals surface area contributed by atoms with E-state index in [1.54, 1.807) is 11.0 Å². The number of amides is 1. The van der Waals surface area contributed by atoms with Crippen LogP contribution in [0.2, 0.25) is 0 Å². The number of hydrogen-bond donors (Lipinski definition) is 0. The van der Waals surface area contributed by atoms with Crippen molar-refractivity contribution in [2.75, 3.05) is 13.2 Å². The molecular weight excluding hydrogens is 342 g/mol. The summed E-state index contributed by atoms with van der Waals surface area (Å²) in [6.07, 6.45) is 3.28. The van der Waals surface area contributed by atoms with Gasteiger partial charge in [-0.05, 0) is 29.2 Å². The molecule has 0 spiro atoms. The topological polar surface area (TPSA) is 55.8 Å². The van der Waals surface area contributed by atoms with Crippen LogP contribution in [0.25, 0.3) is 5.57 Å². The Labute approximate surface area is 158 Å². The van der Waals surface area contributed by atoms with Crippen molar-refractivity contribution in [2.24, 2.45) is 0 Å². The van der Waals surface area contributed by atoms with Crippen molar-refractivity contribution in [3.05, 3.63) is 77.4 Å². The van der Waals surface area contributed by atoms with Crippen molar-refractivity contribution < 1.29 is 19.1 Å². The average molecular weight is 363 g/mol.